The van der Waals surface area contributed by atoms with Crippen LogP contribution in [0.15, 0.2) is 168 Å². The predicted molar refractivity (Wildman–Crippen MR) is 202 cm³/mol. The fourth-order valence-corrected chi connectivity index (χ4v) is 6.40. The van der Waals surface area contributed by atoms with Crippen LogP contribution in [0.1, 0.15) is 5.56 Å². The molecule has 0 aliphatic heterocycles. The zero-order chi connectivity index (χ0) is 34.1. The van der Waals surface area contributed by atoms with Gasteiger partial charge in [-0.2, -0.15) is 5.26 Å². The second kappa shape index (κ2) is 12.7. The van der Waals surface area contributed by atoms with E-state index in [0.29, 0.717) is 28.6 Å². The minimum Gasteiger partial charge on any atom is -0.456 e. The minimum absolute atomic E-state index is 0.563. The number of hydrogen-bond donors (Lipinski definition) is 0. The minimum atomic E-state index is 0.563. The molecule has 238 valence electrons. The van der Waals surface area contributed by atoms with Crippen molar-refractivity contribution in [3.05, 3.63) is 169 Å². The second-order valence-corrected chi connectivity index (χ2v) is 12.3. The maximum Gasteiger partial charge on any atom is 0.164 e. The monoisotopic (exact) mass is 653 g/mol. The summed E-state index contributed by atoms with van der Waals surface area (Å²) in [6.45, 7) is 0. The van der Waals surface area contributed by atoms with Gasteiger partial charge in [0.25, 0.3) is 0 Å². The van der Waals surface area contributed by atoms with Crippen molar-refractivity contribution < 1.29 is 4.42 Å². The molecule has 9 aromatic rings. The molecule has 3 heterocycles. The SMILES string of the molecule is N#Cc1ccc2c(c1)oc1cc(-c3cc(-c4ccc(-c5ccccc5)nc4)cc(-c4nc(-c5ccccc5)nc(-c5ccccc5)n4)c3)ccc12. The van der Waals surface area contributed by atoms with E-state index in [1.54, 1.807) is 6.07 Å². The number of benzene rings is 6. The van der Waals surface area contributed by atoms with Gasteiger partial charge in [-0.05, 0) is 71.3 Å². The number of fused-ring (bicyclic) bond motifs is 3. The van der Waals surface area contributed by atoms with Gasteiger partial charge in [0, 0.05) is 44.8 Å². The Bertz CT molecular complexity index is 2680. The molecule has 0 saturated carbocycles. The standard InChI is InChI=1S/C45H27N5O/c46-27-29-16-19-38-39-20-17-33(26-42(39)51-41(38)22-29)35-23-36(34-18-21-40(47-28-34)30-10-4-1-5-11-30)25-37(24-35)45-49-43(31-12-6-2-7-13-31)48-44(50-45)32-14-8-3-9-15-32/h1-26,28H. The zero-order valence-corrected chi connectivity index (χ0v) is 27.2. The van der Waals surface area contributed by atoms with Gasteiger partial charge in [-0.15, -0.1) is 0 Å². The van der Waals surface area contributed by atoms with Crippen LogP contribution in [-0.4, -0.2) is 19.9 Å². The van der Waals surface area contributed by atoms with Crippen molar-refractivity contribution in [3.8, 4) is 73.7 Å². The maximum absolute atomic E-state index is 9.43. The lowest BCUT2D eigenvalue weighted by Gasteiger charge is -2.13. The lowest BCUT2D eigenvalue weighted by molar-refractivity contribution is 0.669. The summed E-state index contributed by atoms with van der Waals surface area (Å²) in [7, 11) is 0. The fourth-order valence-electron chi connectivity index (χ4n) is 6.40. The quantitative estimate of drug-likeness (QED) is 0.177. The molecular weight excluding hydrogens is 627 g/mol. The Kier molecular flexibility index (Phi) is 7.42. The maximum atomic E-state index is 9.43. The Morgan fingerprint density at radius 3 is 1.51 bits per heavy atom. The molecule has 0 N–H and O–H groups in total. The molecule has 0 fully saturated rings. The predicted octanol–water partition coefficient (Wildman–Crippen LogP) is 11.0. The summed E-state index contributed by atoms with van der Waals surface area (Å²) < 4.78 is 6.28. The summed E-state index contributed by atoms with van der Waals surface area (Å²) in [5.41, 5.74) is 10.5. The Hall–Kier alpha value is -7.23. The summed E-state index contributed by atoms with van der Waals surface area (Å²) in [5, 5.41) is 11.4. The number of nitriles is 1. The molecule has 0 atom stereocenters. The third-order valence-electron chi connectivity index (χ3n) is 8.99. The topological polar surface area (TPSA) is 88.5 Å². The van der Waals surface area contributed by atoms with Crippen LogP contribution >= 0.6 is 0 Å². The first kappa shape index (κ1) is 29.9. The van der Waals surface area contributed by atoms with Crippen molar-refractivity contribution in [1.82, 2.24) is 19.9 Å². The van der Waals surface area contributed by atoms with Gasteiger partial charge >= 0.3 is 0 Å². The first-order valence-corrected chi connectivity index (χ1v) is 16.6. The summed E-state index contributed by atoms with van der Waals surface area (Å²) >= 11 is 0. The van der Waals surface area contributed by atoms with Crippen molar-refractivity contribution in [3.63, 3.8) is 0 Å². The van der Waals surface area contributed by atoms with E-state index in [9.17, 15) is 5.26 Å². The van der Waals surface area contributed by atoms with Gasteiger partial charge in [-0.1, -0.05) is 103 Å². The summed E-state index contributed by atoms with van der Waals surface area (Å²) in [5.74, 6) is 1.76. The van der Waals surface area contributed by atoms with Crippen LogP contribution < -0.4 is 0 Å². The van der Waals surface area contributed by atoms with E-state index < -0.39 is 0 Å². The lowest BCUT2D eigenvalue weighted by Crippen LogP contribution is -2.00. The molecule has 0 radical (unpaired) electrons. The molecule has 6 nitrogen and oxygen atoms in total. The molecule has 6 aromatic carbocycles. The third kappa shape index (κ3) is 5.79. The van der Waals surface area contributed by atoms with Crippen LogP contribution in [0.3, 0.4) is 0 Å². The van der Waals surface area contributed by atoms with Crippen LogP contribution in [0.25, 0.3) is 89.6 Å². The van der Waals surface area contributed by atoms with Crippen molar-refractivity contribution >= 4 is 21.9 Å². The van der Waals surface area contributed by atoms with Crippen molar-refractivity contribution in [2.75, 3.05) is 0 Å². The molecule has 6 heteroatoms. The van der Waals surface area contributed by atoms with E-state index in [4.69, 9.17) is 24.4 Å². The van der Waals surface area contributed by atoms with Crippen LogP contribution in [0, 0.1) is 11.3 Å². The Morgan fingerprint density at radius 2 is 0.922 bits per heavy atom. The Morgan fingerprint density at radius 1 is 0.412 bits per heavy atom. The normalized spacial score (nSPS) is 11.1. The first-order chi connectivity index (χ1) is 25.2. The van der Waals surface area contributed by atoms with E-state index in [0.717, 1.165) is 66.6 Å². The van der Waals surface area contributed by atoms with Gasteiger partial charge in [0.05, 0.1) is 17.3 Å². The van der Waals surface area contributed by atoms with Gasteiger partial charge in [-0.3, -0.25) is 4.98 Å². The van der Waals surface area contributed by atoms with Crippen molar-refractivity contribution in [1.29, 1.82) is 5.26 Å². The average molecular weight is 654 g/mol. The smallest absolute Gasteiger partial charge is 0.164 e. The highest BCUT2D eigenvalue weighted by molar-refractivity contribution is 6.06. The molecule has 0 unspecified atom stereocenters. The van der Waals surface area contributed by atoms with E-state index in [1.165, 1.54) is 0 Å². The zero-order valence-electron chi connectivity index (χ0n) is 27.2. The van der Waals surface area contributed by atoms with Crippen molar-refractivity contribution in [2.24, 2.45) is 0 Å². The van der Waals surface area contributed by atoms with E-state index in [2.05, 4.69) is 66.7 Å². The molecule has 0 saturated heterocycles. The number of pyridine rings is 1. The summed E-state index contributed by atoms with van der Waals surface area (Å²) in [6, 6.07) is 54.7. The molecular formula is C45H27N5O. The van der Waals surface area contributed by atoms with Gasteiger partial charge in [-0.25, -0.2) is 15.0 Å². The lowest BCUT2D eigenvalue weighted by atomic mass is 9.95. The van der Waals surface area contributed by atoms with Crippen LogP contribution in [0.2, 0.25) is 0 Å². The molecule has 0 bridgehead atoms. The highest BCUT2D eigenvalue weighted by Gasteiger charge is 2.16. The molecule has 51 heavy (non-hydrogen) atoms. The molecule has 0 aliphatic rings. The number of aromatic nitrogens is 4. The van der Waals surface area contributed by atoms with E-state index >= 15 is 0 Å². The molecule has 3 aromatic heterocycles. The van der Waals surface area contributed by atoms with E-state index in [1.807, 2.05) is 97.2 Å². The Balaban J connectivity index is 1.23. The van der Waals surface area contributed by atoms with Gasteiger partial charge in [0.2, 0.25) is 0 Å². The molecule has 0 aliphatic carbocycles. The highest BCUT2D eigenvalue weighted by Crippen LogP contribution is 2.37. The van der Waals surface area contributed by atoms with Gasteiger partial charge in [0.1, 0.15) is 11.2 Å². The van der Waals surface area contributed by atoms with Gasteiger partial charge in [0.15, 0.2) is 17.5 Å². The van der Waals surface area contributed by atoms with Gasteiger partial charge < -0.3 is 4.42 Å². The molecule has 0 spiro atoms. The van der Waals surface area contributed by atoms with E-state index in [-0.39, 0.29) is 0 Å². The summed E-state index contributed by atoms with van der Waals surface area (Å²) in [6.07, 6.45) is 1.92. The summed E-state index contributed by atoms with van der Waals surface area (Å²) in [4.78, 5) is 19.8. The largest absolute Gasteiger partial charge is 0.456 e. The third-order valence-corrected chi connectivity index (χ3v) is 8.99. The fraction of sp³-hybridized carbons (Fsp3) is 0. The number of hydrogen-bond acceptors (Lipinski definition) is 6. The average Bonchev–Trinajstić information content (AvgIpc) is 3.58. The number of rotatable bonds is 6. The molecule has 0 amide bonds. The van der Waals surface area contributed by atoms with Crippen LogP contribution in [0.5, 0.6) is 0 Å². The van der Waals surface area contributed by atoms with Crippen LogP contribution in [0.4, 0.5) is 0 Å². The highest BCUT2D eigenvalue weighted by atomic mass is 16.3. The molecule has 9 rings (SSSR count). The van der Waals surface area contributed by atoms with Crippen molar-refractivity contribution in [2.45, 2.75) is 0 Å². The number of nitrogens with zero attached hydrogens (tertiary/aromatic N) is 5. The number of furan rings is 1. The van der Waals surface area contributed by atoms with Crippen LogP contribution in [-0.2, 0) is 0 Å². The second-order valence-electron chi connectivity index (χ2n) is 12.3. The Labute approximate surface area is 294 Å². The first-order valence-electron chi connectivity index (χ1n) is 16.6.